The third-order valence-corrected chi connectivity index (χ3v) is 6.39. The van der Waals surface area contributed by atoms with Gasteiger partial charge in [-0.05, 0) is 24.1 Å². The molecule has 1 fully saturated rings. The van der Waals surface area contributed by atoms with Crippen LogP contribution in [-0.2, 0) is 26.2 Å². The minimum absolute atomic E-state index is 0.180. The maximum Gasteiger partial charge on any atom is 0.243 e. The molecule has 3 rings (SSSR count). The van der Waals surface area contributed by atoms with E-state index in [1.54, 1.807) is 30.3 Å². The average Bonchev–Trinajstić information content (AvgIpc) is 3.00. The summed E-state index contributed by atoms with van der Waals surface area (Å²) in [6, 6.07) is 17.7. The summed E-state index contributed by atoms with van der Waals surface area (Å²) in [6.07, 6.45) is 0.889. The first-order valence-electron chi connectivity index (χ1n) is 8.91. The highest BCUT2D eigenvalue weighted by Gasteiger charge is 2.29. The van der Waals surface area contributed by atoms with Crippen LogP contribution in [0.1, 0.15) is 24.8 Å². The van der Waals surface area contributed by atoms with Crippen LogP contribution in [0.15, 0.2) is 65.6 Å². The molecule has 0 spiro atoms. The fourth-order valence-electron chi connectivity index (χ4n) is 3.09. The first-order valence-corrected chi connectivity index (χ1v) is 10.3. The molecular formula is C20H22N2O4S. The van der Waals surface area contributed by atoms with Gasteiger partial charge in [0.1, 0.15) is 0 Å². The number of carbonyl (C=O) groups is 2. The number of likely N-dealkylation sites (tertiary alicyclic amines) is 1. The van der Waals surface area contributed by atoms with Crippen molar-refractivity contribution in [1.82, 2.24) is 9.21 Å². The van der Waals surface area contributed by atoms with Gasteiger partial charge in [0.2, 0.25) is 21.8 Å². The van der Waals surface area contributed by atoms with Crippen molar-refractivity contribution in [3.8, 4) is 0 Å². The Morgan fingerprint density at radius 2 is 1.41 bits per heavy atom. The summed E-state index contributed by atoms with van der Waals surface area (Å²) < 4.78 is 27.5. The van der Waals surface area contributed by atoms with Crippen LogP contribution < -0.4 is 0 Å². The molecule has 0 atom stereocenters. The lowest BCUT2D eigenvalue weighted by Crippen LogP contribution is -2.35. The number of carbonyl (C=O) groups excluding carboxylic acids is 2. The molecule has 1 aliphatic heterocycles. The summed E-state index contributed by atoms with van der Waals surface area (Å²) in [5, 5.41) is 0. The Bertz CT molecular complexity index is 882. The van der Waals surface area contributed by atoms with Crippen LogP contribution in [0.25, 0.3) is 0 Å². The molecule has 2 aromatic carbocycles. The third kappa shape index (κ3) is 4.61. The van der Waals surface area contributed by atoms with E-state index in [2.05, 4.69) is 0 Å². The van der Waals surface area contributed by atoms with Crippen molar-refractivity contribution in [2.45, 2.75) is 30.7 Å². The van der Waals surface area contributed by atoms with Gasteiger partial charge in [-0.25, -0.2) is 8.42 Å². The summed E-state index contributed by atoms with van der Waals surface area (Å²) in [6.45, 7) is 0.705. The molecule has 1 saturated heterocycles. The quantitative estimate of drug-likeness (QED) is 0.653. The summed E-state index contributed by atoms with van der Waals surface area (Å²) in [7, 11) is -3.68. The van der Waals surface area contributed by atoms with Crippen LogP contribution in [0.3, 0.4) is 0 Å². The van der Waals surface area contributed by atoms with Gasteiger partial charge in [0, 0.05) is 32.5 Å². The van der Waals surface area contributed by atoms with E-state index in [0.29, 0.717) is 6.42 Å². The van der Waals surface area contributed by atoms with Crippen molar-refractivity contribution in [2.75, 3.05) is 13.1 Å². The highest BCUT2D eigenvalue weighted by atomic mass is 32.2. The van der Waals surface area contributed by atoms with Crippen molar-refractivity contribution in [3.63, 3.8) is 0 Å². The van der Waals surface area contributed by atoms with Crippen LogP contribution in [0.5, 0.6) is 0 Å². The topological polar surface area (TPSA) is 74.8 Å². The normalized spacial score (nSPS) is 14.9. The molecule has 1 aliphatic rings. The molecule has 2 aromatic rings. The van der Waals surface area contributed by atoms with Crippen LogP contribution >= 0.6 is 0 Å². The van der Waals surface area contributed by atoms with Gasteiger partial charge in [0.25, 0.3) is 0 Å². The van der Waals surface area contributed by atoms with E-state index in [1.165, 1.54) is 9.21 Å². The minimum Gasteiger partial charge on any atom is -0.283 e. The number of amides is 2. The van der Waals surface area contributed by atoms with Crippen molar-refractivity contribution in [2.24, 2.45) is 0 Å². The fourth-order valence-corrected chi connectivity index (χ4v) is 4.58. The maximum absolute atomic E-state index is 13.1. The number of rotatable bonds is 8. The minimum atomic E-state index is -3.68. The molecule has 142 valence electrons. The van der Waals surface area contributed by atoms with Gasteiger partial charge in [-0.15, -0.1) is 0 Å². The van der Waals surface area contributed by atoms with E-state index in [4.69, 9.17) is 0 Å². The fraction of sp³-hybridized carbons (Fsp3) is 0.300. The summed E-state index contributed by atoms with van der Waals surface area (Å²) in [5.74, 6) is -0.360. The Kier molecular flexibility index (Phi) is 6.03. The zero-order valence-corrected chi connectivity index (χ0v) is 15.8. The molecule has 2 amide bonds. The van der Waals surface area contributed by atoms with Gasteiger partial charge >= 0.3 is 0 Å². The smallest absolute Gasteiger partial charge is 0.243 e. The van der Waals surface area contributed by atoms with Gasteiger partial charge in [0.05, 0.1) is 4.90 Å². The van der Waals surface area contributed by atoms with Crippen LogP contribution in [0.4, 0.5) is 0 Å². The van der Waals surface area contributed by atoms with E-state index in [0.717, 1.165) is 5.56 Å². The van der Waals surface area contributed by atoms with Gasteiger partial charge in [-0.2, -0.15) is 4.31 Å². The molecule has 0 radical (unpaired) electrons. The Morgan fingerprint density at radius 1 is 0.852 bits per heavy atom. The molecule has 0 saturated carbocycles. The zero-order valence-electron chi connectivity index (χ0n) is 15.0. The SMILES string of the molecule is O=C1CCC(=O)N1CCCN(Cc1ccccc1)S(=O)(=O)c1ccccc1. The lowest BCUT2D eigenvalue weighted by molar-refractivity contribution is -0.138. The zero-order chi connectivity index (χ0) is 19.3. The molecule has 0 unspecified atom stereocenters. The Hall–Kier alpha value is -2.51. The van der Waals surface area contributed by atoms with Gasteiger partial charge in [0.15, 0.2) is 0 Å². The monoisotopic (exact) mass is 386 g/mol. The Labute approximate surface area is 159 Å². The predicted molar refractivity (Wildman–Crippen MR) is 101 cm³/mol. The lowest BCUT2D eigenvalue weighted by Gasteiger charge is -2.23. The number of imide groups is 1. The second kappa shape index (κ2) is 8.45. The highest BCUT2D eigenvalue weighted by Crippen LogP contribution is 2.19. The van der Waals surface area contributed by atoms with Crippen molar-refractivity contribution >= 4 is 21.8 Å². The Balaban J connectivity index is 1.75. The summed E-state index contributed by atoms with van der Waals surface area (Å²) in [5.41, 5.74) is 0.880. The molecular weight excluding hydrogens is 364 g/mol. The van der Waals surface area contributed by atoms with Crippen LogP contribution in [-0.4, -0.2) is 42.5 Å². The molecule has 1 heterocycles. The molecule has 27 heavy (non-hydrogen) atoms. The van der Waals surface area contributed by atoms with E-state index >= 15 is 0 Å². The molecule has 0 aromatic heterocycles. The van der Waals surface area contributed by atoms with Crippen molar-refractivity contribution in [1.29, 1.82) is 0 Å². The van der Waals surface area contributed by atoms with Crippen molar-refractivity contribution in [3.05, 3.63) is 66.2 Å². The summed E-state index contributed by atoms with van der Waals surface area (Å²) >= 11 is 0. The number of hydrogen-bond donors (Lipinski definition) is 0. The van der Waals surface area contributed by atoms with Gasteiger partial charge < -0.3 is 0 Å². The number of benzene rings is 2. The highest BCUT2D eigenvalue weighted by molar-refractivity contribution is 7.89. The number of sulfonamides is 1. The molecule has 6 nitrogen and oxygen atoms in total. The van der Waals surface area contributed by atoms with Crippen LogP contribution in [0, 0.1) is 0 Å². The van der Waals surface area contributed by atoms with Crippen molar-refractivity contribution < 1.29 is 18.0 Å². The number of hydrogen-bond acceptors (Lipinski definition) is 4. The standard InChI is InChI=1S/C20H22N2O4S/c23-19-12-13-20(24)22(19)15-7-14-21(16-17-8-3-1-4-9-17)27(25,26)18-10-5-2-6-11-18/h1-6,8-11H,7,12-16H2. The molecule has 0 N–H and O–H groups in total. The van der Waals surface area contributed by atoms with E-state index < -0.39 is 10.0 Å². The molecule has 0 bridgehead atoms. The first-order chi connectivity index (χ1) is 13.0. The summed E-state index contributed by atoms with van der Waals surface area (Å²) in [4.78, 5) is 24.9. The number of nitrogens with zero attached hydrogens (tertiary/aromatic N) is 2. The van der Waals surface area contributed by atoms with E-state index in [1.807, 2.05) is 30.3 Å². The first kappa shape index (κ1) is 19.3. The second-order valence-corrected chi connectivity index (χ2v) is 8.37. The second-order valence-electron chi connectivity index (χ2n) is 6.43. The van der Waals surface area contributed by atoms with Gasteiger partial charge in [-0.1, -0.05) is 48.5 Å². The predicted octanol–water partition coefficient (Wildman–Crippen LogP) is 2.42. The third-order valence-electron chi connectivity index (χ3n) is 4.53. The van der Waals surface area contributed by atoms with E-state index in [-0.39, 0.29) is 49.2 Å². The van der Waals surface area contributed by atoms with Crippen LogP contribution in [0.2, 0.25) is 0 Å². The van der Waals surface area contributed by atoms with E-state index in [9.17, 15) is 18.0 Å². The largest absolute Gasteiger partial charge is 0.283 e. The maximum atomic E-state index is 13.1. The molecule has 0 aliphatic carbocycles. The Morgan fingerprint density at radius 3 is 2.00 bits per heavy atom. The molecule has 7 heteroatoms. The average molecular weight is 386 g/mol. The van der Waals surface area contributed by atoms with Gasteiger partial charge in [-0.3, -0.25) is 14.5 Å². The lowest BCUT2D eigenvalue weighted by atomic mass is 10.2.